The fourth-order valence-corrected chi connectivity index (χ4v) is 0.908. The van der Waals surface area contributed by atoms with Crippen LogP contribution in [-0.4, -0.2) is 30.6 Å². The average molecular weight is 254 g/mol. The molecule has 0 aliphatic heterocycles. The van der Waals surface area contributed by atoms with Crippen LogP contribution in [0, 0.1) is 0 Å². The van der Waals surface area contributed by atoms with Gasteiger partial charge in [0.25, 0.3) is 0 Å². The van der Waals surface area contributed by atoms with Crippen molar-refractivity contribution in [2.24, 2.45) is 0 Å². The largest absolute Gasteiger partial charge is 0.459 e. The molecule has 0 aromatic rings. The summed E-state index contributed by atoms with van der Waals surface area (Å²) in [6.45, 7) is 9.34. The first-order valence-electron chi connectivity index (χ1n) is 4.96. The lowest BCUT2D eigenvalue weighted by molar-refractivity contribution is -0.157. The Morgan fingerprint density at radius 1 is 1.06 bits per heavy atom. The van der Waals surface area contributed by atoms with Gasteiger partial charge >= 0.3 is 17.9 Å². The van der Waals surface area contributed by atoms with Crippen LogP contribution in [0.3, 0.4) is 0 Å². The number of hydrogen-bond acceptors (Lipinski definition) is 6. The summed E-state index contributed by atoms with van der Waals surface area (Å²) in [5.41, 5.74) is 0. The van der Waals surface area contributed by atoms with Crippen molar-refractivity contribution in [3.05, 3.63) is 38.2 Å². The minimum atomic E-state index is -0.952. The van der Waals surface area contributed by atoms with Crippen LogP contribution in [0.2, 0.25) is 0 Å². The lowest BCUT2D eigenvalue weighted by Crippen LogP contribution is -2.27. The van der Waals surface area contributed by atoms with E-state index in [2.05, 4.69) is 29.2 Å². The molecule has 0 saturated carbocycles. The van der Waals surface area contributed by atoms with Crippen LogP contribution in [0.15, 0.2) is 38.2 Å². The third-order valence-corrected chi connectivity index (χ3v) is 1.64. The first-order chi connectivity index (χ1) is 8.53. The van der Waals surface area contributed by atoms with E-state index in [1.165, 1.54) is 0 Å². The molecule has 1 unspecified atom stereocenters. The SMILES string of the molecule is C=COC(=O)CC(COC(=O)C=C)OC(=O)C=C. The number of carbonyl (C=O) groups is 3. The highest BCUT2D eigenvalue weighted by atomic mass is 16.6. The summed E-state index contributed by atoms with van der Waals surface area (Å²) in [7, 11) is 0. The topological polar surface area (TPSA) is 78.9 Å². The van der Waals surface area contributed by atoms with Gasteiger partial charge in [-0.15, -0.1) is 0 Å². The summed E-state index contributed by atoms with van der Waals surface area (Å²) < 4.78 is 14.0. The van der Waals surface area contributed by atoms with Gasteiger partial charge in [-0.25, -0.2) is 9.59 Å². The van der Waals surface area contributed by atoms with E-state index in [1.807, 2.05) is 0 Å². The van der Waals surface area contributed by atoms with Crippen molar-refractivity contribution in [2.75, 3.05) is 6.61 Å². The van der Waals surface area contributed by atoms with Crippen molar-refractivity contribution in [1.29, 1.82) is 0 Å². The average Bonchev–Trinajstić information content (AvgIpc) is 2.35. The number of esters is 3. The lowest BCUT2D eigenvalue weighted by Gasteiger charge is -2.15. The second kappa shape index (κ2) is 8.74. The van der Waals surface area contributed by atoms with E-state index in [4.69, 9.17) is 4.74 Å². The molecule has 0 bridgehead atoms. The second-order valence-corrected chi connectivity index (χ2v) is 2.96. The van der Waals surface area contributed by atoms with Crippen molar-refractivity contribution < 1.29 is 28.6 Å². The summed E-state index contributed by atoms with van der Waals surface area (Å²) in [5, 5.41) is 0. The highest BCUT2D eigenvalue weighted by Gasteiger charge is 2.19. The Morgan fingerprint density at radius 2 is 1.67 bits per heavy atom. The molecule has 0 aromatic heterocycles. The molecule has 0 heterocycles. The van der Waals surface area contributed by atoms with Gasteiger partial charge in [-0.2, -0.15) is 0 Å². The van der Waals surface area contributed by atoms with Gasteiger partial charge in [-0.05, 0) is 0 Å². The number of carbonyl (C=O) groups excluding carboxylic acids is 3. The van der Waals surface area contributed by atoms with Crippen LogP contribution in [0.25, 0.3) is 0 Å². The molecule has 0 spiro atoms. The van der Waals surface area contributed by atoms with Crippen molar-refractivity contribution >= 4 is 17.9 Å². The smallest absolute Gasteiger partial charge is 0.330 e. The monoisotopic (exact) mass is 254 g/mol. The molecule has 0 fully saturated rings. The molecule has 0 rings (SSSR count). The quantitative estimate of drug-likeness (QED) is 0.277. The summed E-state index contributed by atoms with van der Waals surface area (Å²) in [6, 6.07) is 0. The van der Waals surface area contributed by atoms with Gasteiger partial charge in [-0.3, -0.25) is 4.79 Å². The lowest BCUT2D eigenvalue weighted by atomic mass is 10.2. The number of ether oxygens (including phenoxy) is 3. The maximum atomic E-state index is 11.2. The van der Waals surface area contributed by atoms with Crippen molar-refractivity contribution in [1.82, 2.24) is 0 Å². The van der Waals surface area contributed by atoms with Gasteiger partial charge in [0.2, 0.25) is 0 Å². The fraction of sp³-hybridized carbons (Fsp3) is 0.250. The Hall–Kier alpha value is -2.37. The Bertz CT molecular complexity index is 358. The zero-order valence-electron chi connectivity index (χ0n) is 9.79. The van der Waals surface area contributed by atoms with E-state index < -0.39 is 24.0 Å². The van der Waals surface area contributed by atoms with Crippen molar-refractivity contribution in [2.45, 2.75) is 12.5 Å². The van der Waals surface area contributed by atoms with E-state index in [0.29, 0.717) is 0 Å². The molecule has 1 atom stereocenters. The molecule has 0 aliphatic rings. The van der Waals surface area contributed by atoms with E-state index >= 15 is 0 Å². The Morgan fingerprint density at radius 3 is 2.17 bits per heavy atom. The summed E-state index contributed by atoms with van der Waals surface area (Å²) >= 11 is 0. The predicted octanol–water partition coefficient (Wildman–Crippen LogP) is 0.890. The first-order valence-corrected chi connectivity index (χ1v) is 4.96. The van der Waals surface area contributed by atoms with Crippen LogP contribution >= 0.6 is 0 Å². The Labute approximate surface area is 105 Å². The first kappa shape index (κ1) is 15.6. The molecule has 0 N–H and O–H groups in total. The van der Waals surface area contributed by atoms with E-state index in [9.17, 15) is 14.4 Å². The molecule has 6 heteroatoms. The molecule has 6 nitrogen and oxygen atoms in total. The van der Waals surface area contributed by atoms with Gasteiger partial charge in [0.15, 0.2) is 0 Å². The highest BCUT2D eigenvalue weighted by Crippen LogP contribution is 2.03. The van der Waals surface area contributed by atoms with Gasteiger partial charge in [-0.1, -0.05) is 19.7 Å². The van der Waals surface area contributed by atoms with Crippen LogP contribution in [-0.2, 0) is 28.6 Å². The van der Waals surface area contributed by atoms with Crippen LogP contribution in [0.5, 0.6) is 0 Å². The van der Waals surface area contributed by atoms with Crippen LogP contribution in [0.1, 0.15) is 6.42 Å². The number of rotatable bonds is 8. The molecular formula is C12H14O6. The zero-order chi connectivity index (χ0) is 14.0. The molecule has 0 aliphatic carbocycles. The normalized spacial score (nSPS) is 10.7. The number of hydrogen-bond donors (Lipinski definition) is 0. The fourth-order valence-electron chi connectivity index (χ4n) is 0.908. The minimum Gasteiger partial charge on any atom is -0.459 e. The highest BCUT2D eigenvalue weighted by molar-refractivity contribution is 5.82. The molecule has 0 saturated heterocycles. The third kappa shape index (κ3) is 7.00. The molecule has 18 heavy (non-hydrogen) atoms. The summed E-state index contributed by atoms with van der Waals surface area (Å²) in [6.07, 6.45) is 1.61. The van der Waals surface area contributed by atoms with Crippen molar-refractivity contribution in [3.63, 3.8) is 0 Å². The van der Waals surface area contributed by atoms with Gasteiger partial charge in [0, 0.05) is 12.2 Å². The maximum Gasteiger partial charge on any atom is 0.330 e. The minimum absolute atomic E-state index is 0.268. The zero-order valence-corrected chi connectivity index (χ0v) is 9.79. The maximum absolute atomic E-state index is 11.2. The summed E-state index contributed by atoms with van der Waals surface area (Å²) in [5.74, 6) is -2.09. The summed E-state index contributed by atoms with van der Waals surface area (Å²) in [4.78, 5) is 33.0. The molecular weight excluding hydrogens is 240 g/mol. The van der Waals surface area contributed by atoms with Gasteiger partial charge in [0.05, 0.1) is 12.7 Å². The molecule has 0 amide bonds. The molecule has 0 aromatic carbocycles. The second-order valence-electron chi connectivity index (χ2n) is 2.96. The van der Waals surface area contributed by atoms with Gasteiger partial charge < -0.3 is 14.2 Å². The molecule has 0 radical (unpaired) electrons. The van der Waals surface area contributed by atoms with Crippen LogP contribution in [0.4, 0.5) is 0 Å². The Kier molecular flexibility index (Phi) is 7.59. The van der Waals surface area contributed by atoms with Crippen LogP contribution < -0.4 is 0 Å². The predicted molar refractivity (Wildman–Crippen MR) is 62.1 cm³/mol. The Balaban J connectivity index is 4.40. The standard InChI is InChI=1S/C12H14O6/c1-4-10(13)17-8-9(18-11(14)5-2)7-12(15)16-6-3/h4-6,9H,1-3,7-8H2. The van der Waals surface area contributed by atoms with Crippen molar-refractivity contribution in [3.8, 4) is 0 Å². The molecule has 98 valence electrons. The van der Waals surface area contributed by atoms with E-state index in [1.54, 1.807) is 0 Å². The van der Waals surface area contributed by atoms with E-state index in [-0.39, 0.29) is 13.0 Å². The van der Waals surface area contributed by atoms with E-state index in [0.717, 1.165) is 18.4 Å². The third-order valence-electron chi connectivity index (χ3n) is 1.64. The van der Waals surface area contributed by atoms with Gasteiger partial charge in [0.1, 0.15) is 12.7 Å².